The van der Waals surface area contributed by atoms with Crippen molar-refractivity contribution < 1.29 is 4.79 Å². The molecule has 3 heterocycles. The van der Waals surface area contributed by atoms with Crippen LogP contribution in [0.25, 0.3) is 16.7 Å². The predicted octanol–water partition coefficient (Wildman–Crippen LogP) is 3.16. The van der Waals surface area contributed by atoms with Crippen molar-refractivity contribution in [3.8, 4) is 5.69 Å². The number of anilines is 1. The Balaban J connectivity index is 1.34. The molecule has 9 heteroatoms. The van der Waals surface area contributed by atoms with Gasteiger partial charge >= 0.3 is 0 Å². The maximum Gasteiger partial charge on any atom is 0.235 e. The van der Waals surface area contributed by atoms with Crippen LogP contribution < -0.4 is 5.32 Å². The average Bonchev–Trinajstić information content (AvgIpc) is 3.41. The molecule has 4 aromatic rings. The highest BCUT2D eigenvalue weighted by molar-refractivity contribution is 8.00. The van der Waals surface area contributed by atoms with E-state index >= 15 is 0 Å². The molecule has 1 fully saturated rings. The van der Waals surface area contributed by atoms with Crippen LogP contribution in [-0.4, -0.2) is 41.2 Å². The van der Waals surface area contributed by atoms with Gasteiger partial charge in [-0.1, -0.05) is 30.0 Å². The summed E-state index contributed by atoms with van der Waals surface area (Å²) in [4.78, 5) is 21.2. The number of aryl methyl sites for hydroxylation is 1. The zero-order valence-corrected chi connectivity index (χ0v) is 16.6. The number of thioether (sulfide) groups is 1. The quantitative estimate of drug-likeness (QED) is 0.391. The Bertz CT molecular complexity index is 1180. The highest BCUT2D eigenvalue weighted by Crippen LogP contribution is 2.40. The van der Waals surface area contributed by atoms with Gasteiger partial charge in [-0.15, -0.1) is 0 Å². The van der Waals surface area contributed by atoms with Crippen LogP contribution in [0.5, 0.6) is 0 Å². The summed E-state index contributed by atoms with van der Waals surface area (Å²) in [5, 5.41) is 13.5. The molecule has 1 aromatic carbocycles. The highest BCUT2D eigenvalue weighted by atomic mass is 32.2. The number of amides is 1. The molecule has 0 atom stereocenters. The van der Waals surface area contributed by atoms with Crippen molar-refractivity contribution in [2.75, 3.05) is 11.1 Å². The first kappa shape index (κ1) is 17.9. The summed E-state index contributed by atoms with van der Waals surface area (Å²) in [6.07, 6.45) is 5.53. The van der Waals surface area contributed by atoms with E-state index in [0.29, 0.717) is 11.7 Å². The van der Waals surface area contributed by atoms with Crippen molar-refractivity contribution in [3.05, 3.63) is 54.6 Å². The number of hydrogen-bond donors (Lipinski definition) is 1. The number of benzene rings is 1. The van der Waals surface area contributed by atoms with Crippen LogP contribution in [0.2, 0.25) is 0 Å². The Morgan fingerprint density at radius 1 is 1.24 bits per heavy atom. The summed E-state index contributed by atoms with van der Waals surface area (Å²) < 4.78 is 3.50. The zero-order valence-electron chi connectivity index (χ0n) is 15.8. The normalized spacial score (nSPS) is 13.7. The fraction of sp³-hybridized carbons (Fsp3) is 0.250. The van der Waals surface area contributed by atoms with E-state index in [9.17, 15) is 4.79 Å². The first-order valence-electron chi connectivity index (χ1n) is 9.40. The van der Waals surface area contributed by atoms with Gasteiger partial charge in [0, 0.05) is 19.0 Å². The van der Waals surface area contributed by atoms with Gasteiger partial charge < -0.3 is 5.32 Å². The van der Waals surface area contributed by atoms with Crippen LogP contribution in [0.4, 0.5) is 5.82 Å². The molecule has 1 N–H and O–H groups in total. The monoisotopic (exact) mass is 405 g/mol. The Labute approximate surface area is 171 Å². The maximum absolute atomic E-state index is 12.7. The lowest BCUT2D eigenvalue weighted by molar-refractivity contribution is -0.113. The second-order valence-corrected chi connectivity index (χ2v) is 7.96. The third kappa shape index (κ3) is 3.61. The Hall–Kier alpha value is -3.20. The molecular weight excluding hydrogens is 386 g/mol. The summed E-state index contributed by atoms with van der Waals surface area (Å²) in [7, 11) is 1.83. The maximum atomic E-state index is 12.7. The van der Waals surface area contributed by atoms with Crippen LogP contribution >= 0.6 is 11.8 Å². The van der Waals surface area contributed by atoms with Gasteiger partial charge in [0.25, 0.3) is 0 Å². The lowest BCUT2D eigenvalue weighted by atomic mass is 10.3. The van der Waals surface area contributed by atoms with E-state index < -0.39 is 0 Å². The third-order valence-electron chi connectivity index (χ3n) is 4.83. The number of rotatable bonds is 6. The van der Waals surface area contributed by atoms with E-state index in [1.807, 2.05) is 43.4 Å². The van der Waals surface area contributed by atoms with E-state index in [2.05, 4.69) is 20.4 Å². The molecule has 3 aromatic heterocycles. The number of hydrogen-bond acceptors (Lipinski definition) is 6. The smallest absolute Gasteiger partial charge is 0.235 e. The van der Waals surface area contributed by atoms with Gasteiger partial charge in [-0.25, -0.2) is 14.6 Å². The molecule has 1 saturated carbocycles. The van der Waals surface area contributed by atoms with Crippen molar-refractivity contribution in [3.63, 3.8) is 0 Å². The standard InChI is InChI=1S/C20H19N7OS/c1-26-19-15(10-23-26)20(22-12-21-19)29-11-18(28)24-17-9-16(13-7-8-13)25-27(17)14-5-3-2-4-6-14/h2-6,9-10,12-13H,7-8,11H2,1H3,(H,24,28). The summed E-state index contributed by atoms with van der Waals surface area (Å²) >= 11 is 1.37. The number of nitrogens with one attached hydrogen (secondary N) is 1. The molecule has 29 heavy (non-hydrogen) atoms. The van der Waals surface area contributed by atoms with Crippen molar-refractivity contribution >= 4 is 34.5 Å². The Kier molecular flexibility index (Phi) is 4.51. The summed E-state index contributed by atoms with van der Waals surface area (Å²) in [6.45, 7) is 0. The molecule has 1 aliphatic carbocycles. The van der Waals surface area contributed by atoms with E-state index in [0.717, 1.165) is 40.3 Å². The van der Waals surface area contributed by atoms with Gasteiger partial charge in [-0.2, -0.15) is 10.2 Å². The van der Waals surface area contributed by atoms with Crippen LogP contribution in [-0.2, 0) is 11.8 Å². The molecule has 0 bridgehead atoms. The first-order chi connectivity index (χ1) is 14.2. The molecule has 0 radical (unpaired) electrons. The van der Waals surface area contributed by atoms with Crippen molar-refractivity contribution in [2.45, 2.75) is 23.8 Å². The van der Waals surface area contributed by atoms with E-state index in [1.54, 1.807) is 15.6 Å². The zero-order chi connectivity index (χ0) is 19.8. The predicted molar refractivity (Wildman–Crippen MR) is 111 cm³/mol. The molecule has 1 amide bonds. The van der Waals surface area contributed by atoms with Crippen LogP contribution in [0.1, 0.15) is 24.5 Å². The molecule has 146 valence electrons. The van der Waals surface area contributed by atoms with Crippen molar-refractivity contribution in [2.24, 2.45) is 7.05 Å². The number of fused-ring (bicyclic) bond motifs is 1. The number of carbonyl (C=O) groups is 1. The number of carbonyl (C=O) groups excluding carboxylic acids is 1. The summed E-state index contributed by atoms with van der Waals surface area (Å²) in [5.41, 5.74) is 2.71. The SMILES string of the molecule is Cn1ncc2c(SCC(=O)Nc3cc(C4CC4)nn3-c3ccccc3)ncnc21. The third-order valence-corrected chi connectivity index (χ3v) is 5.83. The van der Waals surface area contributed by atoms with Gasteiger partial charge in [0.2, 0.25) is 5.91 Å². The summed E-state index contributed by atoms with van der Waals surface area (Å²) in [5.74, 6) is 1.33. The van der Waals surface area contributed by atoms with Gasteiger partial charge in [0.1, 0.15) is 17.2 Å². The highest BCUT2D eigenvalue weighted by Gasteiger charge is 2.28. The molecule has 5 rings (SSSR count). The fourth-order valence-electron chi connectivity index (χ4n) is 3.20. The van der Waals surface area contributed by atoms with Gasteiger partial charge in [-0.05, 0) is 25.0 Å². The molecule has 0 saturated heterocycles. The van der Waals surface area contributed by atoms with E-state index in [-0.39, 0.29) is 11.7 Å². The second kappa shape index (κ2) is 7.32. The molecule has 8 nitrogen and oxygen atoms in total. The van der Waals surface area contributed by atoms with Crippen LogP contribution in [0.3, 0.4) is 0 Å². The largest absolute Gasteiger partial charge is 0.310 e. The Morgan fingerprint density at radius 2 is 2.07 bits per heavy atom. The number of para-hydroxylation sites is 1. The minimum atomic E-state index is -0.106. The fourth-order valence-corrected chi connectivity index (χ4v) is 3.96. The van der Waals surface area contributed by atoms with Gasteiger partial charge in [0.05, 0.1) is 28.7 Å². The Morgan fingerprint density at radius 3 is 2.86 bits per heavy atom. The minimum absolute atomic E-state index is 0.106. The van der Waals surface area contributed by atoms with Crippen molar-refractivity contribution in [1.82, 2.24) is 29.5 Å². The van der Waals surface area contributed by atoms with E-state index in [1.165, 1.54) is 18.1 Å². The van der Waals surface area contributed by atoms with Gasteiger partial charge in [-0.3, -0.25) is 9.48 Å². The topological polar surface area (TPSA) is 90.5 Å². The minimum Gasteiger partial charge on any atom is -0.310 e. The van der Waals surface area contributed by atoms with Crippen LogP contribution in [0.15, 0.2) is 53.9 Å². The number of aromatic nitrogens is 6. The average molecular weight is 405 g/mol. The van der Waals surface area contributed by atoms with Crippen LogP contribution in [0, 0.1) is 0 Å². The summed E-state index contributed by atoms with van der Waals surface area (Å²) in [6, 6.07) is 11.8. The second-order valence-electron chi connectivity index (χ2n) is 7.00. The number of nitrogens with zero attached hydrogens (tertiary/aromatic N) is 6. The molecule has 0 spiro atoms. The molecular formula is C20H19N7OS. The molecule has 0 aliphatic heterocycles. The van der Waals surface area contributed by atoms with Crippen molar-refractivity contribution in [1.29, 1.82) is 0 Å². The lowest BCUT2D eigenvalue weighted by Gasteiger charge is -2.08. The first-order valence-corrected chi connectivity index (χ1v) is 10.4. The van der Waals surface area contributed by atoms with Gasteiger partial charge in [0.15, 0.2) is 5.65 Å². The lowest BCUT2D eigenvalue weighted by Crippen LogP contribution is -2.17. The molecule has 1 aliphatic rings. The molecule has 0 unspecified atom stereocenters. The van der Waals surface area contributed by atoms with E-state index in [4.69, 9.17) is 5.10 Å².